The third-order valence-corrected chi connectivity index (χ3v) is 3.56. The molecule has 1 aliphatic rings. The van der Waals surface area contributed by atoms with Gasteiger partial charge in [-0.15, -0.1) is 0 Å². The van der Waals surface area contributed by atoms with Gasteiger partial charge in [0.05, 0.1) is 7.11 Å². The first-order chi connectivity index (χ1) is 12.6. The Morgan fingerprint density at radius 3 is 2.65 bits per heavy atom. The van der Waals surface area contributed by atoms with Gasteiger partial charge in [0.2, 0.25) is 5.90 Å². The summed E-state index contributed by atoms with van der Waals surface area (Å²) < 4.78 is 29.0. The number of ether oxygens (including phenoxy) is 3. The molecule has 0 amide bonds. The molecule has 6 heteroatoms. The second-order valence-corrected chi connectivity index (χ2v) is 5.35. The van der Waals surface area contributed by atoms with Gasteiger partial charge < -0.3 is 14.2 Å². The van der Waals surface area contributed by atoms with Gasteiger partial charge >= 0.3 is 5.97 Å². The molecule has 1 aliphatic heterocycles. The number of carbonyl (C=O) groups excluding carboxylic acids is 1. The first kappa shape index (κ1) is 17.4. The quantitative estimate of drug-likeness (QED) is 0.451. The Bertz CT molecular complexity index is 901. The molecule has 3 rings (SSSR count). The first-order valence-electron chi connectivity index (χ1n) is 7.81. The lowest BCUT2D eigenvalue weighted by atomic mass is 10.1. The molecule has 0 atom stereocenters. The molecular weight excluding hydrogens is 337 g/mol. The van der Waals surface area contributed by atoms with E-state index in [0.29, 0.717) is 29.2 Å². The summed E-state index contributed by atoms with van der Waals surface area (Å²) in [6.07, 6.45) is 3.22. The lowest BCUT2D eigenvalue weighted by Crippen LogP contribution is -2.05. The highest BCUT2D eigenvalue weighted by Gasteiger charge is 2.24. The monoisotopic (exact) mass is 353 g/mol. The molecule has 0 aliphatic carbocycles. The molecule has 0 fully saturated rings. The standard InChI is InChI=1S/C20H16FNO4/c1-3-10-25-17-9-4-13(12-18(17)24-2)11-16-20(23)26-19(22-16)14-5-7-15(21)8-6-14/h3-9,11-12H,1,10H2,2H3/b16-11-. The molecule has 0 saturated carbocycles. The Kier molecular flexibility index (Phi) is 5.12. The van der Waals surface area contributed by atoms with Crippen molar-refractivity contribution in [2.24, 2.45) is 4.99 Å². The van der Waals surface area contributed by atoms with Crippen molar-refractivity contribution in [2.45, 2.75) is 0 Å². The maximum atomic E-state index is 13.0. The van der Waals surface area contributed by atoms with Gasteiger partial charge in [-0.1, -0.05) is 18.7 Å². The molecule has 2 aromatic carbocycles. The van der Waals surface area contributed by atoms with Gasteiger partial charge in [0, 0.05) is 5.56 Å². The fraction of sp³-hybridized carbons (Fsp3) is 0.100. The number of halogens is 1. The van der Waals surface area contributed by atoms with Gasteiger partial charge in [0.15, 0.2) is 17.2 Å². The van der Waals surface area contributed by atoms with E-state index in [-0.39, 0.29) is 17.4 Å². The Morgan fingerprint density at radius 2 is 1.96 bits per heavy atom. The molecule has 0 N–H and O–H groups in total. The Balaban J connectivity index is 1.88. The zero-order valence-corrected chi connectivity index (χ0v) is 14.1. The maximum absolute atomic E-state index is 13.0. The van der Waals surface area contributed by atoms with Crippen molar-refractivity contribution >= 4 is 17.9 Å². The Morgan fingerprint density at radius 1 is 1.19 bits per heavy atom. The number of cyclic esters (lactones) is 1. The number of esters is 1. The normalized spacial score (nSPS) is 14.8. The van der Waals surface area contributed by atoms with Gasteiger partial charge in [-0.05, 0) is 48.0 Å². The van der Waals surface area contributed by atoms with Crippen LogP contribution in [0.5, 0.6) is 11.5 Å². The average Bonchev–Trinajstić information content (AvgIpc) is 3.01. The van der Waals surface area contributed by atoms with Gasteiger partial charge in [0.1, 0.15) is 12.4 Å². The zero-order valence-electron chi connectivity index (χ0n) is 14.1. The molecule has 0 unspecified atom stereocenters. The molecule has 26 heavy (non-hydrogen) atoms. The Labute approximate surface area is 150 Å². The van der Waals surface area contributed by atoms with Crippen molar-refractivity contribution in [2.75, 3.05) is 13.7 Å². The number of aliphatic imine (C=N–C) groups is 1. The van der Waals surface area contributed by atoms with Crippen LogP contribution < -0.4 is 9.47 Å². The van der Waals surface area contributed by atoms with Crippen LogP contribution in [-0.4, -0.2) is 25.6 Å². The molecule has 2 aromatic rings. The highest BCUT2D eigenvalue weighted by Crippen LogP contribution is 2.29. The summed E-state index contributed by atoms with van der Waals surface area (Å²) in [5.74, 6) is 0.282. The van der Waals surface area contributed by atoms with E-state index < -0.39 is 5.97 Å². The number of hydrogen-bond donors (Lipinski definition) is 0. The number of methoxy groups -OCH3 is 1. The highest BCUT2D eigenvalue weighted by atomic mass is 19.1. The molecule has 0 saturated heterocycles. The fourth-order valence-electron chi connectivity index (χ4n) is 2.32. The molecular formula is C20H16FNO4. The summed E-state index contributed by atoms with van der Waals surface area (Å²) in [5.41, 5.74) is 1.36. The van der Waals surface area contributed by atoms with Crippen molar-refractivity contribution < 1.29 is 23.4 Å². The predicted octanol–water partition coefficient (Wildman–Crippen LogP) is 3.74. The SMILES string of the molecule is C=CCOc1ccc(/C=C2\N=C(c3ccc(F)cc3)OC2=O)cc1OC. The van der Waals surface area contributed by atoms with E-state index >= 15 is 0 Å². The average molecular weight is 353 g/mol. The van der Waals surface area contributed by atoms with Crippen LogP contribution in [-0.2, 0) is 9.53 Å². The van der Waals surface area contributed by atoms with E-state index in [1.807, 2.05) is 0 Å². The zero-order chi connectivity index (χ0) is 18.5. The van der Waals surface area contributed by atoms with E-state index in [9.17, 15) is 9.18 Å². The molecule has 132 valence electrons. The molecule has 0 spiro atoms. The van der Waals surface area contributed by atoms with Crippen molar-refractivity contribution in [3.63, 3.8) is 0 Å². The third-order valence-electron chi connectivity index (χ3n) is 3.56. The van der Waals surface area contributed by atoms with Crippen molar-refractivity contribution in [3.8, 4) is 11.5 Å². The van der Waals surface area contributed by atoms with Crippen molar-refractivity contribution in [1.82, 2.24) is 0 Å². The van der Waals surface area contributed by atoms with Crippen molar-refractivity contribution in [1.29, 1.82) is 0 Å². The fourth-order valence-corrected chi connectivity index (χ4v) is 2.32. The summed E-state index contributed by atoms with van der Waals surface area (Å²) in [4.78, 5) is 16.2. The predicted molar refractivity (Wildman–Crippen MR) is 95.7 cm³/mol. The minimum absolute atomic E-state index is 0.138. The van der Waals surface area contributed by atoms with E-state index in [2.05, 4.69) is 11.6 Å². The largest absolute Gasteiger partial charge is 0.493 e. The smallest absolute Gasteiger partial charge is 0.363 e. The van der Waals surface area contributed by atoms with Gasteiger partial charge in [-0.2, -0.15) is 0 Å². The number of rotatable bonds is 6. The number of hydrogen-bond acceptors (Lipinski definition) is 5. The van der Waals surface area contributed by atoms with Gasteiger partial charge in [0.25, 0.3) is 0 Å². The minimum Gasteiger partial charge on any atom is -0.493 e. The van der Waals surface area contributed by atoms with Crippen LogP contribution in [0.25, 0.3) is 6.08 Å². The van der Waals surface area contributed by atoms with Crippen LogP contribution in [0.3, 0.4) is 0 Å². The number of carbonyl (C=O) groups is 1. The van der Waals surface area contributed by atoms with Crippen LogP contribution >= 0.6 is 0 Å². The minimum atomic E-state index is -0.574. The van der Waals surface area contributed by atoms with Crippen LogP contribution in [0.4, 0.5) is 4.39 Å². The first-order valence-corrected chi connectivity index (χ1v) is 7.81. The van der Waals surface area contributed by atoms with E-state index in [4.69, 9.17) is 14.2 Å². The lowest BCUT2D eigenvalue weighted by molar-refractivity contribution is -0.129. The van der Waals surface area contributed by atoms with Gasteiger partial charge in [-0.3, -0.25) is 0 Å². The summed E-state index contributed by atoms with van der Waals surface area (Å²) in [6.45, 7) is 3.96. The van der Waals surface area contributed by atoms with Crippen LogP contribution in [0.2, 0.25) is 0 Å². The van der Waals surface area contributed by atoms with Gasteiger partial charge in [-0.25, -0.2) is 14.2 Å². The van der Waals surface area contributed by atoms with Crippen LogP contribution in [0.1, 0.15) is 11.1 Å². The van der Waals surface area contributed by atoms with Crippen LogP contribution in [0, 0.1) is 5.82 Å². The summed E-state index contributed by atoms with van der Waals surface area (Å²) >= 11 is 0. The molecule has 0 aromatic heterocycles. The summed E-state index contributed by atoms with van der Waals surface area (Å²) in [7, 11) is 1.53. The topological polar surface area (TPSA) is 57.1 Å². The van der Waals surface area contributed by atoms with Crippen molar-refractivity contribution in [3.05, 3.63) is 77.8 Å². The van der Waals surface area contributed by atoms with E-state index in [1.54, 1.807) is 30.4 Å². The summed E-state index contributed by atoms with van der Waals surface area (Å²) in [6, 6.07) is 10.8. The van der Waals surface area contributed by atoms with E-state index in [1.165, 1.54) is 31.4 Å². The lowest BCUT2D eigenvalue weighted by Gasteiger charge is -2.09. The molecule has 1 heterocycles. The summed E-state index contributed by atoms with van der Waals surface area (Å²) in [5, 5.41) is 0. The molecule has 0 bridgehead atoms. The molecule has 5 nitrogen and oxygen atoms in total. The maximum Gasteiger partial charge on any atom is 0.363 e. The highest BCUT2D eigenvalue weighted by molar-refractivity contribution is 6.12. The third kappa shape index (κ3) is 3.80. The van der Waals surface area contributed by atoms with E-state index in [0.717, 1.165) is 0 Å². The Hall–Kier alpha value is -3.41. The van der Waals surface area contributed by atoms with Crippen LogP contribution in [0.15, 0.2) is 65.8 Å². The molecule has 0 radical (unpaired) electrons. The second-order valence-electron chi connectivity index (χ2n) is 5.35. The number of benzene rings is 2. The number of nitrogens with zero attached hydrogens (tertiary/aromatic N) is 1. The second kappa shape index (κ2) is 7.65.